The van der Waals surface area contributed by atoms with Gasteiger partial charge in [-0.3, -0.25) is 0 Å². The van der Waals surface area contributed by atoms with E-state index < -0.39 is 5.41 Å². The summed E-state index contributed by atoms with van der Waals surface area (Å²) >= 11 is 14.7. The molecular formula is C32H26Br4O5. The molecule has 5 aromatic rings. The Morgan fingerprint density at radius 1 is 0.659 bits per heavy atom. The average molecular weight is 810 g/mol. The van der Waals surface area contributed by atoms with E-state index in [-0.39, 0.29) is 26.4 Å². The second-order valence-corrected chi connectivity index (χ2v) is 13.0. The van der Waals surface area contributed by atoms with E-state index in [1.165, 1.54) is 0 Å². The minimum atomic E-state index is -0.618. The van der Waals surface area contributed by atoms with Crippen LogP contribution >= 0.6 is 63.7 Å². The monoisotopic (exact) mass is 806 g/mol. The van der Waals surface area contributed by atoms with Gasteiger partial charge >= 0.3 is 0 Å². The highest BCUT2D eigenvalue weighted by molar-refractivity contribution is 9.11. The van der Waals surface area contributed by atoms with Crippen molar-refractivity contribution in [2.75, 3.05) is 26.4 Å². The van der Waals surface area contributed by atoms with Crippen molar-refractivity contribution < 1.29 is 24.1 Å². The van der Waals surface area contributed by atoms with Crippen molar-refractivity contribution >= 4 is 74.7 Å². The van der Waals surface area contributed by atoms with Gasteiger partial charge in [0.2, 0.25) is 0 Å². The van der Waals surface area contributed by atoms with E-state index >= 15 is 0 Å². The molecule has 0 aliphatic carbocycles. The number of hydrogen-bond donors (Lipinski definition) is 2. The number of fused-ring (bicyclic) bond motifs is 1. The first-order chi connectivity index (χ1) is 19.8. The summed E-state index contributed by atoms with van der Waals surface area (Å²) in [5.74, 6) is 2.06. The molecule has 0 aliphatic rings. The predicted octanol–water partition coefficient (Wildman–Crippen LogP) is 9.25. The Bertz CT molecular complexity index is 1540. The predicted molar refractivity (Wildman–Crippen MR) is 176 cm³/mol. The van der Waals surface area contributed by atoms with Crippen molar-refractivity contribution in [3.8, 4) is 22.8 Å². The lowest BCUT2D eigenvalue weighted by Crippen LogP contribution is -2.26. The fourth-order valence-electron chi connectivity index (χ4n) is 4.86. The van der Waals surface area contributed by atoms with Gasteiger partial charge in [-0.15, -0.1) is 0 Å². The third-order valence-electron chi connectivity index (χ3n) is 7.00. The molecule has 9 heteroatoms. The first-order valence-electron chi connectivity index (χ1n) is 12.8. The molecule has 1 heterocycles. The molecule has 4 aromatic carbocycles. The van der Waals surface area contributed by atoms with Gasteiger partial charge < -0.3 is 24.1 Å². The zero-order valence-electron chi connectivity index (χ0n) is 22.0. The highest BCUT2D eigenvalue weighted by Gasteiger charge is 2.34. The zero-order chi connectivity index (χ0) is 29.1. The van der Waals surface area contributed by atoms with Gasteiger partial charge in [0.1, 0.15) is 36.1 Å². The van der Waals surface area contributed by atoms with Gasteiger partial charge in [-0.1, -0.05) is 42.5 Å². The van der Waals surface area contributed by atoms with Crippen LogP contribution < -0.4 is 9.47 Å². The second-order valence-electron chi connectivity index (χ2n) is 9.53. The van der Waals surface area contributed by atoms with E-state index in [2.05, 4.69) is 101 Å². The molecule has 2 N–H and O–H groups in total. The van der Waals surface area contributed by atoms with Crippen LogP contribution in [0, 0.1) is 0 Å². The summed E-state index contributed by atoms with van der Waals surface area (Å²) in [6, 6.07) is 26.6. The van der Waals surface area contributed by atoms with Crippen LogP contribution in [0.3, 0.4) is 0 Å². The summed E-state index contributed by atoms with van der Waals surface area (Å²) in [6.07, 6.45) is 0. The molecule has 0 aliphatic heterocycles. The fraction of sp³-hybridized carbons (Fsp3) is 0.188. The maximum absolute atomic E-state index is 9.27. The Morgan fingerprint density at radius 2 is 1.15 bits per heavy atom. The molecule has 0 amide bonds. The molecular weight excluding hydrogens is 784 g/mol. The van der Waals surface area contributed by atoms with E-state index in [0.29, 0.717) is 11.5 Å². The Balaban J connectivity index is 1.64. The van der Waals surface area contributed by atoms with Crippen molar-refractivity contribution in [2.24, 2.45) is 0 Å². The Labute approximate surface area is 272 Å². The van der Waals surface area contributed by atoms with Gasteiger partial charge in [0.05, 0.1) is 31.1 Å². The summed E-state index contributed by atoms with van der Waals surface area (Å²) in [5, 5.41) is 19.6. The fourth-order valence-corrected chi connectivity index (χ4v) is 7.69. The average Bonchev–Trinajstić information content (AvgIpc) is 3.40. The van der Waals surface area contributed by atoms with Crippen LogP contribution in [0.5, 0.6) is 11.5 Å². The maximum atomic E-state index is 9.27. The number of hydrogen-bond acceptors (Lipinski definition) is 5. The van der Waals surface area contributed by atoms with Gasteiger partial charge in [-0.25, -0.2) is 0 Å². The van der Waals surface area contributed by atoms with Gasteiger partial charge in [0.25, 0.3) is 0 Å². The van der Waals surface area contributed by atoms with Gasteiger partial charge in [-0.05, 0) is 124 Å². The molecule has 0 bridgehead atoms. The van der Waals surface area contributed by atoms with E-state index in [9.17, 15) is 10.2 Å². The van der Waals surface area contributed by atoms with Crippen molar-refractivity contribution in [2.45, 2.75) is 12.3 Å². The van der Waals surface area contributed by atoms with Crippen LogP contribution in [0.2, 0.25) is 0 Å². The van der Waals surface area contributed by atoms with E-state index in [4.69, 9.17) is 13.9 Å². The molecule has 0 atom stereocenters. The van der Waals surface area contributed by atoms with E-state index in [0.717, 1.165) is 56.9 Å². The number of benzene rings is 4. The molecule has 0 fully saturated rings. The number of furan rings is 1. The van der Waals surface area contributed by atoms with Gasteiger partial charge in [0, 0.05) is 16.4 Å². The quantitative estimate of drug-likeness (QED) is 0.138. The van der Waals surface area contributed by atoms with E-state index in [1.54, 1.807) is 0 Å². The minimum absolute atomic E-state index is 0.0807. The summed E-state index contributed by atoms with van der Waals surface area (Å²) < 4.78 is 20.7. The molecule has 1 aromatic heterocycles. The number of ether oxygens (including phenoxy) is 2. The number of halogens is 4. The van der Waals surface area contributed by atoms with Crippen LogP contribution in [-0.4, -0.2) is 36.6 Å². The molecule has 0 saturated carbocycles. The van der Waals surface area contributed by atoms with Crippen molar-refractivity contribution in [3.63, 3.8) is 0 Å². The first-order valence-corrected chi connectivity index (χ1v) is 16.0. The van der Waals surface area contributed by atoms with Crippen LogP contribution in [0.1, 0.15) is 23.6 Å². The Kier molecular flexibility index (Phi) is 9.63. The topological polar surface area (TPSA) is 72.1 Å². The van der Waals surface area contributed by atoms with E-state index in [1.807, 2.05) is 48.5 Å². The van der Waals surface area contributed by atoms with Crippen LogP contribution in [0.4, 0.5) is 0 Å². The molecule has 41 heavy (non-hydrogen) atoms. The molecule has 0 unspecified atom stereocenters. The standard InChI is InChI=1S/C32H26Br4O5/c1-32(22-15-24(33)30(25(34)16-22)39-12-10-37,23-17-26(35)31(27(36)18-23)40-13-11-38)21-8-6-19(7-9-21)29-14-20-4-2-3-5-28(20)41-29/h2-9,14-18,37-38H,10-13H2,1H3. The van der Waals surface area contributed by atoms with Crippen molar-refractivity contribution in [1.82, 2.24) is 0 Å². The van der Waals surface area contributed by atoms with Crippen LogP contribution in [0.15, 0.2) is 101 Å². The largest absolute Gasteiger partial charge is 0.489 e. The summed E-state index contributed by atoms with van der Waals surface area (Å²) in [5.41, 5.74) is 4.29. The Morgan fingerprint density at radius 3 is 1.61 bits per heavy atom. The highest BCUT2D eigenvalue weighted by atomic mass is 79.9. The number of aliphatic hydroxyl groups is 2. The van der Waals surface area contributed by atoms with Crippen LogP contribution in [-0.2, 0) is 5.41 Å². The summed E-state index contributed by atoms with van der Waals surface area (Å²) in [6.45, 7) is 2.39. The summed E-state index contributed by atoms with van der Waals surface area (Å²) in [4.78, 5) is 0. The third kappa shape index (κ3) is 6.17. The lowest BCUT2D eigenvalue weighted by Gasteiger charge is -2.33. The molecule has 212 valence electrons. The Hall–Kier alpha value is -2.14. The minimum Gasteiger partial charge on any atom is -0.489 e. The second kappa shape index (κ2) is 13.0. The first kappa shape index (κ1) is 30.3. The highest BCUT2D eigenvalue weighted by Crippen LogP contribution is 2.47. The van der Waals surface area contributed by atoms with Gasteiger partial charge in [-0.2, -0.15) is 0 Å². The third-order valence-corrected chi connectivity index (χ3v) is 9.36. The number of para-hydroxylation sites is 1. The molecule has 5 rings (SSSR count). The summed E-state index contributed by atoms with van der Waals surface area (Å²) in [7, 11) is 0. The zero-order valence-corrected chi connectivity index (χ0v) is 28.3. The molecule has 0 spiro atoms. The molecule has 0 radical (unpaired) electrons. The maximum Gasteiger partial charge on any atom is 0.147 e. The van der Waals surface area contributed by atoms with Gasteiger partial charge in [0.15, 0.2) is 0 Å². The molecule has 0 saturated heterocycles. The lowest BCUT2D eigenvalue weighted by atomic mass is 9.71. The number of rotatable bonds is 10. The smallest absolute Gasteiger partial charge is 0.147 e. The van der Waals surface area contributed by atoms with Crippen molar-refractivity contribution in [3.05, 3.63) is 113 Å². The number of aliphatic hydroxyl groups excluding tert-OH is 2. The molecule has 5 nitrogen and oxygen atoms in total. The van der Waals surface area contributed by atoms with Crippen LogP contribution in [0.25, 0.3) is 22.3 Å². The SMILES string of the molecule is CC(c1ccc(-c2cc3ccccc3o2)cc1)(c1cc(Br)c(OCCO)c(Br)c1)c1cc(Br)c(OCCO)c(Br)c1. The van der Waals surface area contributed by atoms with Crippen molar-refractivity contribution in [1.29, 1.82) is 0 Å². The normalized spacial score (nSPS) is 11.7. The lowest BCUT2D eigenvalue weighted by molar-refractivity contribution is 0.200.